The second-order valence-corrected chi connectivity index (χ2v) is 7.80. The average Bonchev–Trinajstić information content (AvgIpc) is 2.81. The van der Waals surface area contributed by atoms with Crippen molar-refractivity contribution >= 4 is 11.4 Å². The third-order valence-electron chi connectivity index (χ3n) is 5.62. The van der Waals surface area contributed by atoms with Crippen LogP contribution in [0, 0.1) is 0 Å². The van der Waals surface area contributed by atoms with Gasteiger partial charge in [-0.15, -0.1) is 0 Å². The zero-order valence-corrected chi connectivity index (χ0v) is 18.4. The highest BCUT2D eigenvalue weighted by molar-refractivity contribution is 5.98. The molecule has 1 aliphatic heterocycles. The van der Waals surface area contributed by atoms with E-state index in [0.29, 0.717) is 0 Å². The molecule has 3 rings (SSSR count). The van der Waals surface area contributed by atoms with Gasteiger partial charge in [0, 0.05) is 75.5 Å². The zero-order valence-electron chi connectivity index (χ0n) is 18.4. The number of aromatic nitrogens is 2. The number of hydrogen-bond donors (Lipinski definition) is 0. The van der Waals surface area contributed by atoms with Crippen LogP contribution < -0.4 is 0 Å². The fourth-order valence-electron chi connectivity index (χ4n) is 3.69. The number of aliphatic imine (C=N–C) groups is 2. The fraction of sp³-hybridized carbons (Fsp3) is 0.500. The molecule has 0 amide bonds. The fourth-order valence-corrected chi connectivity index (χ4v) is 3.69. The van der Waals surface area contributed by atoms with Crippen molar-refractivity contribution in [2.75, 3.05) is 52.4 Å². The van der Waals surface area contributed by atoms with Crippen LogP contribution in [0.3, 0.4) is 0 Å². The third kappa shape index (κ3) is 7.43. The molecule has 1 aliphatic rings. The highest BCUT2D eigenvalue weighted by Crippen LogP contribution is 2.05. The van der Waals surface area contributed by atoms with Crippen molar-refractivity contribution in [3.8, 4) is 0 Å². The third-order valence-corrected chi connectivity index (χ3v) is 5.62. The zero-order chi connectivity index (χ0) is 21.0. The summed E-state index contributed by atoms with van der Waals surface area (Å²) in [5.74, 6) is 0. The van der Waals surface area contributed by atoms with Gasteiger partial charge in [0.2, 0.25) is 0 Å². The van der Waals surface area contributed by atoms with Gasteiger partial charge < -0.3 is 9.80 Å². The summed E-state index contributed by atoms with van der Waals surface area (Å²) in [5, 5.41) is 0. The molecular formula is C24H34N6. The standard InChI is InChI=1S/C24H34N6/c1-21(23-5-11-25-12-6-23)27-9-3-15-29-17-19-30(20-18-29)16-4-10-28-22(2)24-7-13-26-14-8-24/h5-8,11-14H,3-4,9-10,15-20H2,1-2H3. The van der Waals surface area contributed by atoms with E-state index in [4.69, 9.17) is 9.98 Å². The van der Waals surface area contributed by atoms with Crippen LogP contribution in [-0.4, -0.2) is 83.5 Å². The summed E-state index contributed by atoms with van der Waals surface area (Å²) in [6, 6.07) is 8.07. The predicted molar refractivity (Wildman–Crippen MR) is 125 cm³/mol. The first-order valence-electron chi connectivity index (χ1n) is 11.0. The van der Waals surface area contributed by atoms with Gasteiger partial charge in [-0.25, -0.2) is 0 Å². The van der Waals surface area contributed by atoms with Crippen LogP contribution in [0.15, 0.2) is 59.0 Å². The summed E-state index contributed by atoms with van der Waals surface area (Å²) in [4.78, 5) is 22.7. The number of piperazine rings is 1. The average molecular weight is 407 g/mol. The van der Waals surface area contributed by atoms with Gasteiger partial charge in [0.25, 0.3) is 0 Å². The summed E-state index contributed by atoms with van der Waals surface area (Å²) >= 11 is 0. The Balaban J connectivity index is 1.27. The first-order chi connectivity index (χ1) is 14.7. The van der Waals surface area contributed by atoms with Gasteiger partial charge in [-0.2, -0.15) is 0 Å². The SMILES string of the molecule is CC(=NCCCN1CCN(CCCN=C(C)c2ccncc2)CC1)c1ccncc1. The lowest BCUT2D eigenvalue weighted by Gasteiger charge is -2.34. The summed E-state index contributed by atoms with van der Waals surface area (Å²) < 4.78 is 0. The van der Waals surface area contributed by atoms with Crippen molar-refractivity contribution in [2.45, 2.75) is 26.7 Å². The molecular weight excluding hydrogens is 372 g/mol. The molecule has 0 spiro atoms. The molecule has 0 saturated carbocycles. The molecule has 0 aliphatic carbocycles. The molecule has 0 atom stereocenters. The Morgan fingerprint density at radius 3 is 1.43 bits per heavy atom. The van der Waals surface area contributed by atoms with Crippen LogP contribution >= 0.6 is 0 Å². The molecule has 1 saturated heterocycles. The van der Waals surface area contributed by atoms with Crippen LogP contribution in [0.5, 0.6) is 0 Å². The van der Waals surface area contributed by atoms with E-state index in [9.17, 15) is 0 Å². The Labute approximate surface area is 180 Å². The van der Waals surface area contributed by atoms with Crippen molar-refractivity contribution < 1.29 is 0 Å². The molecule has 0 N–H and O–H groups in total. The van der Waals surface area contributed by atoms with Crippen molar-refractivity contribution in [1.29, 1.82) is 0 Å². The van der Waals surface area contributed by atoms with Crippen LogP contribution in [0.4, 0.5) is 0 Å². The van der Waals surface area contributed by atoms with Crippen LogP contribution in [0.25, 0.3) is 0 Å². The van der Waals surface area contributed by atoms with Crippen LogP contribution in [-0.2, 0) is 0 Å². The first-order valence-corrected chi connectivity index (χ1v) is 11.0. The monoisotopic (exact) mass is 406 g/mol. The Morgan fingerprint density at radius 2 is 1.07 bits per heavy atom. The maximum atomic E-state index is 4.72. The topological polar surface area (TPSA) is 57.0 Å². The van der Waals surface area contributed by atoms with E-state index >= 15 is 0 Å². The van der Waals surface area contributed by atoms with Crippen LogP contribution in [0.1, 0.15) is 37.8 Å². The quantitative estimate of drug-likeness (QED) is 0.449. The number of nitrogens with zero attached hydrogens (tertiary/aromatic N) is 6. The van der Waals surface area contributed by atoms with E-state index in [1.807, 2.05) is 49.1 Å². The molecule has 30 heavy (non-hydrogen) atoms. The molecule has 3 heterocycles. The van der Waals surface area contributed by atoms with E-state index in [2.05, 4.69) is 33.6 Å². The molecule has 0 bridgehead atoms. The molecule has 2 aromatic heterocycles. The summed E-state index contributed by atoms with van der Waals surface area (Å²) in [6.45, 7) is 12.9. The summed E-state index contributed by atoms with van der Waals surface area (Å²) in [7, 11) is 0. The number of hydrogen-bond acceptors (Lipinski definition) is 6. The van der Waals surface area contributed by atoms with Gasteiger partial charge in [-0.1, -0.05) is 0 Å². The lowest BCUT2D eigenvalue weighted by Crippen LogP contribution is -2.46. The van der Waals surface area contributed by atoms with E-state index in [0.717, 1.165) is 76.6 Å². The Morgan fingerprint density at radius 1 is 0.700 bits per heavy atom. The van der Waals surface area contributed by atoms with Crippen LogP contribution in [0.2, 0.25) is 0 Å². The largest absolute Gasteiger partial charge is 0.301 e. The van der Waals surface area contributed by atoms with Gasteiger partial charge in [-0.05, 0) is 75.2 Å². The number of pyridine rings is 2. The first kappa shape index (κ1) is 22.2. The minimum absolute atomic E-state index is 0.892. The van der Waals surface area contributed by atoms with E-state index < -0.39 is 0 Å². The lowest BCUT2D eigenvalue weighted by molar-refractivity contribution is 0.131. The second kappa shape index (κ2) is 12.3. The molecule has 0 radical (unpaired) electrons. The Hall–Kier alpha value is -2.44. The smallest absolute Gasteiger partial charge is 0.0404 e. The highest BCUT2D eigenvalue weighted by Gasteiger charge is 2.15. The van der Waals surface area contributed by atoms with Gasteiger partial charge in [0.1, 0.15) is 0 Å². The molecule has 0 unspecified atom stereocenters. The van der Waals surface area contributed by atoms with Crippen molar-refractivity contribution in [2.24, 2.45) is 9.98 Å². The normalized spacial score (nSPS) is 16.7. The van der Waals surface area contributed by atoms with Crippen molar-refractivity contribution in [1.82, 2.24) is 19.8 Å². The van der Waals surface area contributed by atoms with Gasteiger partial charge in [0.05, 0.1) is 0 Å². The predicted octanol–water partition coefficient (Wildman–Crippen LogP) is 3.19. The van der Waals surface area contributed by atoms with Crippen molar-refractivity contribution in [3.63, 3.8) is 0 Å². The second-order valence-electron chi connectivity index (χ2n) is 7.80. The lowest BCUT2D eigenvalue weighted by atomic mass is 10.2. The van der Waals surface area contributed by atoms with E-state index in [1.165, 1.54) is 11.1 Å². The van der Waals surface area contributed by atoms with Gasteiger partial charge in [-0.3, -0.25) is 20.0 Å². The maximum Gasteiger partial charge on any atom is 0.0404 e. The molecule has 1 fully saturated rings. The van der Waals surface area contributed by atoms with E-state index in [-0.39, 0.29) is 0 Å². The Bertz CT molecular complexity index is 725. The minimum atomic E-state index is 0.892. The molecule has 6 nitrogen and oxygen atoms in total. The molecule has 0 aromatic carbocycles. The molecule has 2 aromatic rings. The summed E-state index contributed by atoms with van der Waals surface area (Å²) in [5.41, 5.74) is 4.53. The van der Waals surface area contributed by atoms with Gasteiger partial charge in [0.15, 0.2) is 0 Å². The minimum Gasteiger partial charge on any atom is -0.301 e. The van der Waals surface area contributed by atoms with E-state index in [1.54, 1.807) is 0 Å². The van der Waals surface area contributed by atoms with Crippen molar-refractivity contribution in [3.05, 3.63) is 60.2 Å². The molecule has 6 heteroatoms. The van der Waals surface area contributed by atoms with Gasteiger partial charge >= 0.3 is 0 Å². The highest BCUT2D eigenvalue weighted by atomic mass is 15.3. The maximum absolute atomic E-state index is 4.72. The molecule has 160 valence electrons. The number of rotatable bonds is 10. The Kier molecular flexibility index (Phi) is 9.12. The summed E-state index contributed by atoms with van der Waals surface area (Å²) in [6.07, 6.45) is 9.52.